The molecule has 2 aromatic carbocycles. The van der Waals surface area contributed by atoms with E-state index in [1.54, 1.807) is 48.8 Å². The number of aromatic nitrogens is 2. The van der Waals surface area contributed by atoms with E-state index in [-0.39, 0.29) is 41.4 Å². The summed E-state index contributed by atoms with van der Waals surface area (Å²) in [6.07, 6.45) is 4.98. The van der Waals surface area contributed by atoms with Crippen molar-refractivity contribution in [3.63, 3.8) is 0 Å². The zero-order valence-corrected chi connectivity index (χ0v) is 18.0. The summed E-state index contributed by atoms with van der Waals surface area (Å²) >= 11 is 0. The van der Waals surface area contributed by atoms with Crippen LogP contribution in [0, 0.1) is 0 Å². The molecule has 1 aromatic heterocycles. The number of amides is 2. The third-order valence-corrected chi connectivity index (χ3v) is 6.35. The average Bonchev–Trinajstić information content (AvgIpc) is 3.43. The smallest absolute Gasteiger partial charge is 0.251 e. The van der Waals surface area contributed by atoms with Crippen molar-refractivity contribution >= 4 is 27.5 Å². The minimum Gasteiger partial charge on any atom is -0.348 e. The van der Waals surface area contributed by atoms with Gasteiger partial charge in [0.2, 0.25) is 15.9 Å². The molecule has 1 fully saturated rings. The Morgan fingerprint density at radius 3 is 2.62 bits per heavy atom. The first-order valence-electron chi connectivity index (χ1n) is 10.2. The number of anilines is 1. The van der Waals surface area contributed by atoms with Crippen molar-refractivity contribution in [3.8, 4) is 0 Å². The third-order valence-electron chi connectivity index (χ3n) is 4.83. The van der Waals surface area contributed by atoms with Crippen LogP contribution >= 0.6 is 0 Å². The number of carbonyl (C=O) groups excluding carboxylic acids is 2. The molecule has 1 heterocycles. The maximum atomic E-state index is 12.6. The standard InChI is InChI=1S/C22H23N5O4S/c28-21(15-27-11-3-10-24-27)25-19-6-1-4-16(12-19)14-23-22(29)17-5-2-7-20(13-17)32(30,31)26-18-8-9-18/h1-7,10-13,18,26H,8-9,14-15H2,(H,23,29)(H,25,28). The number of benzene rings is 2. The Morgan fingerprint density at radius 2 is 1.88 bits per heavy atom. The van der Waals surface area contributed by atoms with Gasteiger partial charge in [-0.3, -0.25) is 14.3 Å². The van der Waals surface area contributed by atoms with Crippen LogP contribution in [0.2, 0.25) is 0 Å². The van der Waals surface area contributed by atoms with Gasteiger partial charge in [0.25, 0.3) is 5.91 Å². The van der Waals surface area contributed by atoms with Crippen molar-refractivity contribution in [2.24, 2.45) is 0 Å². The number of rotatable bonds is 9. The van der Waals surface area contributed by atoms with E-state index in [9.17, 15) is 18.0 Å². The second kappa shape index (κ2) is 9.33. The van der Waals surface area contributed by atoms with Crippen molar-refractivity contribution < 1.29 is 18.0 Å². The van der Waals surface area contributed by atoms with Gasteiger partial charge in [-0.05, 0) is 54.8 Å². The SMILES string of the molecule is O=C(Cn1cccn1)Nc1cccc(CNC(=O)c2cccc(S(=O)(=O)NC3CC3)c2)c1. The summed E-state index contributed by atoms with van der Waals surface area (Å²) in [6, 6.07) is 14.8. The Labute approximate surface area is 185 Å². The summed E-state index contributed by atoms with van der Waals surface area (Å²) in [7, 11) is -3.63. The van der Waals surface area contributed by atoms with Gasteiger partial charge in [-0.25, -0.2) is 13.1 Å². The van der Waals surface area contributed by atoms with Crippen LogP contribution in [0.4, 0.5) is 5.69 Å². The van der Waals surface area contributed by atoms with Gasteiger partial charge in [-0.1, -0.05) is 18.2 Å². The fraction of sp³-hybridized carbons (Fsp3) is 0.227. The van der Waals surface area contributed by atoms with E-state index in [4.69, 9.17) is 0 Å². The number of nitrogens with one attached hydrogen (secondary N) is 3. The summed E-state index contributed by atoms with van der Waals surface area (Å²) in [4.78, 5) is 24.8. The van der Waals surface area contributed by atoms with Crippen molar-refractivity contribution in [3.05, 3.63) is 78.1 Å². The van der Waals surface area contributed by atoms with Crippen LogP contribution in [-0.2, 0) is 27.9 Å². The summed E-state index contributed by atoms with van der Waals surface area (Å²) in [6.45, 7) is 0.321. The van der Waals surface area contributed by atoms with Gasteiger partial charge < -0.3 is 10.6 Å². The fourth-order valence-electron chi connectivity index (χ4n) is 3.08. The summed E-state index contributed by atoms with van der Waals surface area (Å²) in [5.74, 6) is -0.602. The summed E-state index contributed by atoms with van der Waals surface area (Å²) in [5, 5.41) is 9.58. The van der Waals surface area contributed by atoms with Crippen molar-refractivity contribution in [2.75, 3.05) is 5.32 Å². The maximum Gasteiger partial charge on any atom is 0.251 e. The summed E-state index contributed by atoms with van der Waals surface area (Å²) in [5.41, 5.74) is 1.65. The molecule has 3 N–H and O–H groups in total. The van der Waals surface area contributed by atoms with E-state index in [2.05, 4.69) is 20.5 Å². The van der Waals surface area contributed by atoms with Gasteiger partial charge in [-0.2, -0.15) is 5.10 Å². The predicted octanol–water partition coefficient (Wildman–Crippen LogP) is 1.89. The molecule has 1 aliphatic rings. The van der Waals surface area contributed by atoms with Crippen LogP contribution in [0.1, 0.15) is 28.8 Å². The first-order chi connectivity index (χ1) is 15.4. The fourth-order valence-corrected chi connectivity index (χ4v) is 4.43. The minimum absolute atomic E-state index is 0.00945. The molecule has 0 unspecified atom stereocenters. The molecule has 32 heavy (non-hydrogen) atoms. The minimum atomic E-state index is -3.63. The van der Waals surface area contributed by atoms with Crippen molar-refractivity contribution in [1.29, 1.82) is 0 Å². The highest BCUT2D eigenvalue weighted by Gasteiger charge is 2.28. The molecule has 0 radical (unpaired) electrons. The number of sulfonamides is 1. The van der Waals surface area contributed by atoms with Gasteiger partial charge >= 0.3 is 0 Å². The first-order valence-corrected chi connectivity index (χ1v) is 11.6. The molecule has 166 valence electrons. The Morgan fingerprint density at radius 1 is 1.06 bits per heavy atom. The van der Waals surface area contributed by atoms with Crippen LogP contribution in [0.15, 0.2) is 71.9 Å². The Hall–Kier alpha value is -3.50. The molecule has 0 atom stereocenters. The molecule has 9 nitrogen and oxygen atoms in total. The van der Waals surface area contributed by atoms with Crippen molar-refractivity contribution in [1.82, 2.24) is 19.8 Å². The number of hydrogen-bond donors (Lipinski definition) is 3. The first kappa shape index (κ1) is 21.7. The van der Waals surface area contributed by atoms with E-state index in [1.165, 1.54) is 16.8 Å². The molecule has 1 saturated carbocycles. The molecular formula is C22H23N5O4S. The van der Waals surface area contributed by atoms with E-state index in [1.807, 2.05) is 6.07 Å². The lowest BCUT2D eigenvalue weighted by Gasteiger charge is -2.10. The zero-order valence-electron chi connectivity index (χ0n) is 17.2. The van der Waals surface area contributed by atoms with Crippen molar-refractivity contribution in [2.45, 2.75) is 36.9 Å². The number of hydrogen-bond acceptors (Lipinski definition) is 5. The third kappa shape index (κ3) is 5.80. The molecule has 10 heteroatoms. The van der Waals surface area contributed by atoms with Crippen LogP contribution in [0.25, 0.3) is 0 Å². The lowest BCUT2D eigenvalue weighted by Crippen LogP contribution is -2.27. The van der Waals surface area contributed by atoms with E-state index < -0.39 is 10.0 Å². The van der Waals surface area contributed by atoms with Gasteiger partial charge in [0.1, 0.15) is 6.54 Å². The topological polar surface area (TPSA) is 122 Å². The Kier molecular flexibility index (Phi) is 6.33. The number of nitrogens with zero attached hydrogens (tertiary/aromatic N) is 2. The quantitative estimate of drug-likeness (QED) is 0.457. The second-order valence-corrected chi connectivity index (χ2v) is 9.27. The lowest BCUT2D eigenvalue weighted by molar-refractivity contribution is -0.116. The van der Waals surface area contributed by atoms with Gasteiger partial charge in [0.15, 0.2) is 0 Å². The zero-order chi connectivity index (χ0) is 22.6. The molecule has 0 bridgehead atoms. The largest absolute Gasteiger partial charge is 0.348 e. The van der Waals surface area contributed by atoms with Crippen LogP contribution in [-0.4, -0.2) is 36.1 Å². The monoisotopic (exact) mass is 453 g/mol. The van der Waals surface area contributed by atoms with Gasteiger partial charge in [-0.15, -0.1) is 0 Å². The normalized spacial score (nSPS) is 13.5. The predicted molar refractivity (Wildman–Crippen MR) is 118 cm³/mol. The molecule has 1 aliphatic carbocycles. The number of carbonyl (C=O) groups is 2. The molecule has 0 saturated heterocycles. The van der Waals surface area contributed by atoms with Crippen LogP contribution in [0.3, 0.4) is 0 Å². The highest BCUT2D eigenvalue weighted by molar-refractivity contribution is 7.89. The molecule has 0 aliphatic heterocycles. The highest BCUT2D eigenvalue weighted by Crippen LogP contribution is 2.22. The van der Waals surface area contributed by atoms with Crippen LogP contribution < -0.4 is 15.4 Å². The molecular weight excluding hydrogens is 430 g/mol. The average molecular weight is 454 g/mol. The van der Waals surface area contributed by atoms with E-state index >= 15 is 0 Å². The maximum absolute atomic E-state index is 12.6. The van der Waals surface area contributed by atoms with Gasteiger partial charge in [0.05, 0.1) is 4.90 Å². The highest BCUT2D eigenvalue weighted by atomic mass is 32.2. The molecule has 0 spiro atoms. The Bertz CT molecular complexity index is 1220. The molecule has 4 rings (SSSR count). The lowest BCUT2D eigenvalue weighted by atomic mass is 10.1. The molecule has 2 amide bonds. The van der Waals surface area contributed by atoms with E-state index in [0.29, 0.717) is 5.69 Å². The van der Waals surface area contributed by atoms with E-state index in [0.717, 1.165) is 18.4 Å². The Balaban J connectivity index is 1.35. The molecule has 3 aromatic rings. The van der Waals surface area contributed by atoms with Crippen LogP contribution in [0.5, 0.6) is 0 Å². The second-order valence-electron chi connectivity index (χ2n) is 7.56. The van der Waals surface area contributed by atoms with Gasteiger partial charge in [0, 0.05) is 36.2 Å². The summed E-state index contributed by atoms with van der Waals surface area (Å²) < 4.78 is 28.9.